The average Bonchev–Trinajstić information content (AvgIpc) is 2.89. The lowest BCUT2D eigenvalue weighted by Gasteiger charge is -2.08. The molecule has 0 spiro atoms. The number of methoxy groups -OCH3 is 1. The second-order valence-electron chi connectivity index (χ2n) is 4.37. The Morgan fingerprint density at radius 1 is 1.19 bits per heavy atom. The summed E-state index contributed by atoms with van der Waals surface area (Å²) in [5.74, 6) is 0.462. The molecule has 3 rings (SSSR count). The molecule has 3 aromatic rings. The number of aromatic amines is 1. The van der Waals surface area contributed by atoms with Gasteiger partial charge in [-0.1, -0.05) is 18.2 Å². The predicted molar refractivity (Wildman–Crippen MR) is 80.7 cm³/mol. The number of rotatable bonds is 3. The minimum atomic E-state index is -0.416. The van der Waals surface area contributed by atoms with Crippen molar-refractivity contribution in [3.05, 3.63) is 59.1 Å². The molecule has 1 aromatic heterocycles. The first-order valence-electron chi connectivity index (χ1n) is 6.27. The fourth-order valence-electron chi connectivity index (χ4n) is 2.10. The smallest absolute Gasteiger partial charge is 0.200 e. The summed E-state index contributed by atoms with van der Waals surface area (Å²) >= 11 is 5.24. The molecular formula is C15H12FN3OS. The number of nitrogens with zero attached hydrogens (tertiary/aromatic N) is 2. The summed E-state index contributed by atoms with van der Waals surface area (Å²) in [6, 6.07) is 14.1. The zero-order valence-corrected chi connectivity index (χ0v) is 12.0. The molecule has 1 N–H and O–H groups in total. The van der Waals surface area contributed by atoms with E-state index in [0.29, 0.717) is 21.9 Å². The third kappa shape index (κ3) is 2.45. The summed E-state index contributed by atoms with van der Waals surface area (Å²) in [5, 5.41) is 6.85. The van der Waals surface area contributed by atoms with E-state index in [9.17, 15) is 4.39 Å². The van der Waals surface area contributed by atoms with Crippen LogP contribution < -0.4 is 4.74 Å². The molecule has 0 saturated heterocycles. The number of ether oxygens (including phenoxy) is 1. The summed E-state index contributed by atoms with van der Waals surface area (Å²) in [5.41, 5.74) is 1.17. The van der Waals surface area contributed by atoms with Gasteiger partial charge in [0.25, 0.3) is 0 Å². The van der Waals surface area contributed by atoms with E-state index in [1.807, 2.05) is 30.3 Å². The van der Waals surface area contributed by atoms with E-state index in [1.54, 1.807) is 16.7 Å². The van der Waals surface area contributed by atoms with E-state index in [0.717, 1.165) is 5.69 Å². The van der Waals surface area contributed by atoms with Gasteiger partial charge in [-0.25, -0.2) is 4.39 Å². The maximum atomic E-state index is 14.2. The number of nitrogens with one attached hydrogen (secondary N) is 1. The van der Waals surface area contributed by atoms with Gasteiger partial charge < -0.3 is 4.74 Å². The molecule has 0 aliphatic rings. The van der Waals surface area contributed by atoms with E-state index in [2.05, 4.69) is 10.2 Å². The topological polar surface area (TPSA) is 42.8 Å². The molecule has 0 saturated carbocycles. The molecular weight excluding hydrogens is 289 g/mol. The van der Waals surface area contributed by atoms with Gasteiger partial charge in [0.05, 0.1) is 12.7 Å². The van der Waals surface area contributed by atoms with Gasteiger partial charge in [-0.2, -0.15) is 5.10 Å². The monoisotopic (exact) mass is 301 g/mol. The lowest BCUT2D eigenvalue weighted by molar-refractivity contribution is 0.411. The van der Waals surface area contributed by atoms with Crippen LogP contribution in [-0.2, 0) is 0 Å². The fourth-order valence-corrected chi connectivity index (χ4v) is 2.34. The first-order valence-corrected chi connectivity index (χ1v) is 6.68. The van der Waals surface area contributed by atoms with Crippen LogP contribution in [0, 0.1) is 10.6 Å². The molecule has 2 aromatic carbocycles. The molecule has 0 fully saturated rings. The van der Waals surface area contributed by atoms with Crippen molar-refractivity contribution >= 4 is 12.2 Å². The standard InChI is InChI=1S/C15H12FN3OS/c1-20-11-7-8-12(13(16)9-11)14-17-18-15(21)19(14)10-5-3-2-4-6-10/h2-9H,1H3,(H,18,21). The zero-order chi connectivity index (χ0) is 14.8. The predicted octanol–water partition coefficient (Wildman–Crippen LogP) is 3.74. The van der Waals surface area contributed by atoms with Crippen molar-refractivity contribution in [3.8, 4) is 22.8 Å². The minimum Gasteiger partial charge on any atom is -0.497 e. The SMILES string of the molecule is COc1ccc(-c2n[nH]c(=S)n2-c2ccccc2)c(F)c1. The number of hydrogen-bond acceptors (Lipinski definition) is 3. The van der Waals surface area contributed by atoms with Gasteiger partial charge in [-0.3, -0.25) is 9.67 Å². The van der Waals surface area contributed by atoms with Gasteiger partial charge in [-0.05, 0) is 36.5 Å². The largest absolute Gasteiger partial charge is 0.497 e. The van der Waals surface area contributed by atoms with Crippen molar-refractivity contribution in [2.45, 2.75) is 0 Å². The van der Waals surface area contributed by atoms with Crippen molar-refractivity contribution in [3.63, 3.8) is 0 Å². The summed E-state index contributed by atoms with van der Waals surface area (Å²) in [7, 11) is 1.49. The van der Waals surface area contributed by atoms with Gasteiger partial charge in [0.15, 0.2) is 10.6 Å². The van der Waals surface area contributed by atoms with E-state index in [1.165, 1.54) is 13.2 Å². The number of para-hydroxylation sites is 1. The van der Waals surface area contributed by atoms with Gasteiger partial charge in [0.2, 0.25) is 0 Å². The second kappa shape index (κ2) is 5.49. The lowest BCUT2D eigenvalue weighted by atomic mass is 10.2. The van der Waals surface area contributed by atoms with Crippen LogP contribution in [0.3, 0.4) is 0 Å². The fraction of sp³-hybridized carbons (Fsp3) is 0.0667. The third-order valence-corrected chi connectivity index (χ3v) is 3.38. The van der Waals surface area contributed by atoms with Gasteiger partial charge in [0, 0.05) is 11.8 Å². The van der Waals surface area contributed by atoms with Crippen molar-refractivity contribution < 1.29 is 9.13 Å². The van der Waals surface area contributed by atoms with E-state index < -0.39 is 5.82 Å². The number of benzene rings is 2. The molecule has 1 heterocycles. The van der Waals surface area contributed by atoms with E-state index in [4.69, 9.17) is 17.0 Å². The number of aromatic nitrogens is 3. The Hall–Kier alpha value is -2.47. The van der Waals surface area contributed by atoms with E-state index in [-0.39, 0.29) is 0 Å². The van der Waals surface area contributed by atoms with Crippen molar-refractivity contribution in [2.24, 2.45) is 0 Å². The number of H-pyrrole nitrogens is 1. The average molecular weight is 301 g/mol. The maximum Gasteiger partial charge on any atom is 0.200 e. The number of hydrogen-bond donors (Lipinski definition) is 1. The molecule has 106 valence electrons. The van der Waals surface area contributed by atoms with Gasteiger partial charge >= 0.3 is 0 Å². The molecule has 0 radical (unpaired) electrons. The Morgan fingerprint density at radius 3 is 2.62 bits per heavy atom. The molecule has 0 aliphatic carbocycles. The third-order valence-electron chi connectivity index (χ3n) is 3.10. The summed E-state index contributed by atoms with van der Waals surface area (Å²) < 4.78 is 21.4. The Morgan fingerprint density at radius 2 is 1.95 bits per heavy atom. The normalized spacial score (nSPS) is 10.6. The lowest BCUT2D eigenvalue weighted by Crippen LogP contribution is -1.99. The Labute approximate surface area is 125 Å². The molecule has 0 bridgehead atoms. The Balaban J connectivity index is 2.19. The highest BCUT2D eigenvalue weighted by molar-refractivity contribution is 7.71. The highest BCUT2D eigenvalue weighted by Crippen LogP contribution is 2.26. The summed E-state index contributed by atoms with van der Waals surface area (Å²) in [6.45, 7) is 0. The van der Waals surface area contributed by atoms with Crippen molar-refractivity contribution in [1.29, 1.82) is 0 Å². The molecule has 6 heteroatoms. The second-order valence-corrected chi connectivity index (χ2v) is 4.76. The molecule has 0 aliphatic heterocycles. The van der Waals surface area contributed by atoms with E-state index >= 15 is 0 Å². The number of halogens is 1. The van der Waals surface area contributed by atoms with Crippen LogP contribution in [-0.4, -0.2) is 21.9 Å². The molecule has 4 nitrogen and oxygen atoms in total. The van der Waals surface area contributed by atoms with Crippen LogP contribution in [0.15, 0.2) is 48.5 Å². The molecule has 0 amide bonds. The van der Waals surface area contributed by atoms with Gasteiger partial charge in [-0.15, -0.1) is 0 Å². The van der Waals surface area contributed by atoms with Crippen molar-refractivity contribution in [1.82, 2.24) is 14.8 Å². The molecule has 0 unspecified atom stereocenters. The highest BCUT2D eigenvalue weighted by Gasteiger charge is 2.15. The highest BCUT2D eigenvalue weighted by atomic mass is 32.1. The van der Waals surface area contributed by atoms with Crippen LogP contribution in [0.2, 0.25) is 0 Å². The summed E-state index contributed by atoms with van der Waals surface area (Å²) in [6.07, 6.45) is 0. The van der Waals surface area contributed by atoms with Crippen LogP contribution in [0.4, 0.5) is 4.39 Å². The van der Waals surface area contributed by atoms with Crippen LogP contribution in [0.25, 0.3) is 17.1 Å². The van der Waals surface area contributed by atoms with Gasteiger partial charge in [0.1, 0.15) is 11.6 Å². The maximum absolute atomic E-state index is 14.2. The van der Waals surface area contributed by atoms with Crippen LogP contribution >= 0.6 is 12.2 Å². The molecule has 0 atom stereocenters. The Kier molecular flexibility index (Phi) is 3.53. The molecule has 21 heavy (non-hydrogen) atoms. The van der Waals surface area contributed by atoms with Crippen molar-refractivity contribution in [2.75, 3.05) is 7.11 Å². The van der Waals surface area contributed by atoms with Crippen LogP contribution in [0.1, 0.15) is 0 Å². The Bertz CT molecular complexity index is 826. The zero-order valence-electron chi connectivity index (χ0n) is 11.2. The quantitative estimate of drug-likeness (QED) is 0.749. The summed E-state index contributed by atoms with van der Waals surface area (Å²) in [4.78, 5) is 0. The van der Waals surface area contributed by atoms with Crippen LogP contribution in [0.5, 0.6) is 5.75 Å². The minimum absolute atomic E-state index is 0.354. The first kappa shape index (κ1) is 13.5. The first-order chi connectivity index (χ1) is 10.2.